The number of hydrogen-bond acceptors (Lipinski definition) is 3. The Morgan fingerprint density at radius 2 is 1.74 bits per heavy atom. The van der Waals surface area contributed by atoms with Crippen LogP contribution in [-0.2, 0) is 6.42 Å². The maximum Gasteiger partial charge on any atom is 0.159 e. The van der Waals surface area contributed by atoms with Crippen molar-refractivity contribution in [1.82, 2.24) is 4.98 Å². The van der Waals surface area contributed by atoms with Gasteiger partial charge in [0.15, 0.2) is 5.78 Å². The van der Waals surface area contributed by atoms with Gasteiger partial charge in [-0.05, 0) is 54.8 Å². The lowest BCUT2D eigenvalue weighted by molar-refractivity contribution is 0.101. The third kappa shape index (κ3) is 4.30. The van der Waals surface area contributed by atoms with Crippen molar-refractivity contribution in [1.29, 1.82) is 0 Å². The van der Waals surface area contributed by atoms with Gasteiger partial charge < -0.3 is 0 Å². The average Bonchev–Trinajstić information content (AvgIpc) is 2.57. The number of carbonyl (C=O) groups excluding carboxylic acids is 1. The molecule has 0 bridgehead atoms. The molecular weight excluding hydrogens is 302 g/mol. The zero-order chi connectivity index (χ0) is 16.1. The third-order valence-corrected chi connectivity index (χ3v) is 4.52. The van der Waals surface area contributed by atoms with Gasteiger partial charge in [0.1, 0.15) is 0 Å². The Balaban J connectivity index is 1.73. The predicted octanol–water partition coefficient (Wildman–Crippen LogP) is 5.03. The predicted molar refractivity (Wildman–Crippen MR) is 94.1 cm³/mol. The van der Waals surface area contributed by atoms with Gasteiger partial charge >= 0.3 is 0 Å². The molecule has 2 nitrogen and oxygen atoms in total. The van der Waals surface area contributed by atoms with Gasteiger partial charge in [-0.2, -0.15) is 0 Å². The number of hydrogen-bond donors (Lipinski definition) is 0. The van der Waals surface area contributed by atoms with E-state index in [2.05, 4.69) is 35.3 Å². The van der Waals surface area contributed by atoms with Crippen LogP contribution in [0.1, 0.15) is 28.4 Å². The second-order valence-electron chi connectivity index (χ2n) is 5.37. The number of benzene rings is 2. The van der Waals surface area contributed by atoms with Crippen LogP contribution >= 0.6 is 11.8 Å². The lowest BCUT2D eigenvalue weighted by atomic mass is 10.1. The summed E-state index contributed by atoms with van der Waals surface area (Å²) in [5.41, 5.74) is 3.23. The first-order valence-corrected chi connectivity index (χ1v) is 8.29. The van der Waals surface area contributed by atoms with Crippen LogP contribution < -0.4 is 0 Å². The van der Waals surface area contributed by atoms with Crippen LogP contribution in [0.25, 0.3) is 0 Å². The van der Waals surface area contributed by atoms with Gasteiger partial charge in [0.25, 0.3) is 0 Å². The molecule has 0 aliphatic heterocycles. The van der Waals surface area contributed by atoms with Gasteiger partial charge in [0.05, 0.1) is 0 Å². The molecule has 3 heteroatoms. The first-order chi connectivity index (χ1) is 11.2. The fourth-order valence-corrected chi connectivity index (χ4v) is 3.25. The smallest absolute Gasteiger partial charge is 0.159 e. The zero-order valence-corrected chi connectivity index (χ0v) is 13.7. The van der Waals surface area contributed by atoms with Crippen LogP contribution in [0.2, 0.25) is 0 Å². The summed E-state index contributed by atoms with van der Waals surface area (Å²) >= 11 is 1.71. The highest BCUT2D eigenvalue weighted by Gasteiger charge is 2.03. The van der Waals surface area contributed by atoms with Crippen LogP contribution in [0.15, 0.2) is 82.8 Å². The van der Waals surface area contributed by atoms with Gasteiger partial charge in [-0.25, -0.2) is 0 Å². The molecule has 0 N–H and O–H groups in total. The molecule has 0 fully saturated rings. The van der Waals surface area contributed by atoms with E-state index >= 15 is 0 Å². The molecule has 114 valence electrons. The van der Waals surface area contributed by atoms with E-state index in [4.69, 9.17) is 0 Å². The largest absolute Gasteiger partial charge is 0.295 e. The van der Waals surface area contributed by atoms with E-state index in [-0.39, 0.29) is 5.78 Å². The Kier molecular flexibility index (Phi) is 4.89. The highest BCUT2D eigenvalue weighted by atomic mass is 32.2. The molecule has 0 atom stereocenters. The summed E-state index contributed by atoms with van der Waals surface area (Å²) in [4.78, 5) is 17.8. The Morgan fingerprint density at radius 1 is 0.957 bits per heavy atom. The van der Waals surface area contributed by atoms with E-state index in [9.17, 15) is 4.79 Å². The van der Waals surface area contributed by atoms with Gasteiger partial charge in [-0.15, -0.1) is 0 Å². The van der Waals surface area contributed by atoms with E-state index in [0.29, 0.717) is 0 Å². The van der Waals surface area contributed by atoms with Crippen molar-refractivity contribution in [3.8, 4) is 0 Å². The third-order valence-electron chi connectivity index (χ3n) is 3.53. The van der Waals surface area contributed by atoms with Crippen molar-refractivity contribution in [3.63, 3.8) is 0 Å². The van der Waals surface area contributed by atoms with Gasteiger partial charge in [-0.3, -0.25) is 9.78 Å². The van der Waals surface area contributed by atoms with Crippen LogP contribution in [0.4, 0.5) is 0 Å². The molecule has 0 saturated heterocycles. The number of rotatable bonds is 5. The second-order valence-corrected chi connectivity index (χ2v) is 6.52. The number of carbonyl (C=O) groups is 1. The summed E-state index contributed by atoms with van der Waals surface area (Å²) in [5.74, 6) is 0.0972. The second kappa shape index (κ2) is 7.25. The van der Waals surface area contributed by atoms with Crippen LogP contribution in [0.5, 0.6) is 0 Å². The molecule has 3 aromatic rings. The molecule has 1 heterocycles. The Morgan fingerprint density at radius 3 is 2.43 bits per heavy atom. The molecule has 0 radical (unpaired) electrons. The van der Waals surface area contributed by atoms with Gasteiger partial charge in [0, 0.05) is 27.7 Å². The minimum atomic E-state index is 0.0972. The van der Waals surface area contributed by atoms with Crippen molar-refractivity contribution in [2.24, 2.45) is 0 Å². The van der Waals surface area contributed by atoms with Crippen LogP contribution in [0.3, 0.4) is 0 Å². The van der Waals surface area contributed by atoms with E-state index < -0.39 is 0 Å². The Labute approximate surface area is 140 Å². The molecule has 1 aromatic heterocycles. The monoisotopic (exact) mass is 319 g/mol. The van der Waals surface area contributed by atoms with Crippen molar-refractivity contribution < 1.29 is 4.79 Å². The zero-order valence-electron chi connectivity index (χ0n) is 12.9. The molecule has 0 saturated carbocycles. The average molecular weight is 319 g/mol. The van der Waals surface area contributed by atoms with Crippen molar-refractivity contribution in [2.45, 2.75) is 23.1 Å². The van der Waals surface area contributed by atoms with Crippen LogP contribution in [-0.4, -0.2) is 10.8 Å². The number of pyridine rings is 1. The lowest BCUT2D eigenvalue weighted by Crippen LogP contribution is -1.90. The van der Waals surface area contributed by atoms with Crippen LogP contribution in [0, 0.1) is 0 Å². The summed E-state index contributed by atoms with van der Waals surface area (Å²) in [6.45, 7) is 1.59. The molecule has 3 rings (SSSR count). The fourth-order valence-electron chi connectivity index (χ4n) is 2.35. The lowest BCUT2D eigenvalue weighted by Gasteiger charge is -2.06. The topological polar surface area (TPSA) is 30.0 Å². The Hall–Kier alpha value is -2.39. The SMILES string of the molecule is CC(=O)c1ccc(Sc2cccc(Cc3cccnc3)c2)cc1. The van der Waals surface area contributed by atoms with Gasteiger partial charge in [-0.1, -0.05) is 42.1 Å². The summed E-state index contributed by atoms with van der Waals surface area (Å²) < 4.78 is 0. The molecule has 0 aliphatic carbocycles. The number of nitrogens with zero attached hydrogens (tertiary/aromatic N) is 1. The minimum absolute atomic E-state index is 0.0972. The van der Waals surface area contributed by atoms with E-state index in [0.717, 1.165) is 16.9 Å². The van der Waals surface area contributed by atoms with E-state index in [1.807, 2.05) is 36.5 Å². The molecule has 0 unspecified atom stereocenters. The molecular formula is C20H17NOS. The summed E-state index contributed by atoms with van der Waals surface area (Å²) in [7, 11) is 0. The van der Waals surface area contributed by atoms with Crippen molar-refractivity contribution >= 4 is 17.5 Å². The quantitative estimate of drug-likeness (QED) is 0.618. The van der Waals surface area contributed by atoms with E-state index in [1.54, 1.807) is 24.9 Å². The maximum atomic E-state index is 11.3. The first kappa shape index (κ1) is 15.5. The highest BCUT2D eigenvalue weighted by Crippen LogP contribution is 2.28. The first-order valence-electron chi connectivity index (χ1n) is 7.47. The molecule has 23 heavy (non-hydrogen) atoms. The molecule has 2 aromatic carbocycles. The van der Waals surface area contributed by atoms with Gasteiger partial charge in [0.2, 0.25) is 0 Å². The highest BCUT2D eigenvalue weighted by molar-refractivity contribution is 7.99. The molecule has 0 aliphatic rings. The molecule has 0 spiro atoms. The molecule has 0 amide bonds. The Bertz CT molecular complexity index is 797. The maximum absolute atomic E-state index is 11.3. The number of Topliss-reactive ketones (excluding diaryl/α,β-unsaturated/α-hetero) is 1. The normalized spacial score (nSPS) is 10.5. The number of ketones is 1. The standard InChI is InChI=1S/C20H17NOS/c1-15(22)18-7-9-19(10-8-18)23-20-6-2-4-16(13-20)12-17-5-3-11-21-14-17/h2-11,13-14H,12H2,1H3. The summed E-state index contributed by atoms with van der Waals surface area (Å²) in [6, 6.07) is 20.3. The van der Waals surface area contributed by atoms with Crippen molar-refractivity contribution in [3.05, 3.63) is 89.7 Å². The van der Waals surface area contributed by atoms with E-state index in [1.165, 1.54) is 16.0 Å². The number of aromatic nitrogens is 1. The van der Waals surface area contributed by atoms with Crippen molar-refractivity contribution in [2.75, 3.05) is 0 Å². The minimum Gasteiger partial charge on any atom is -0.295 e. The fraction of sp³-hybridized carbons (Fsp3) is 0.100. The summed E-state index contributed by atoms with van der Waals surface area (Å²) in [6.07, 6.45) is 4.58. The summed E-state index contributed by atoms with van der Waals surface area (Å²) in [5, 5.41) is 0.